The fraction of sp³-hybridized carbons (Fsp3) is 0.417. The lowest BCUT2D eigenvalue weighted by molar-refractivity contribution is 0.238. The first kappa shape index (κ1) is 19.1. The van der Waals surface area contributed by atoms with Gasteiger partial charge in [-0.1, -0.05) is 37.3 Å². The molecule has 6 nitrogen and oxygen atoms in total. The van der Waals surface area contributed by atoms with Crippen LogP contribution in [0.1, 0.15) is 36.6 Å². The van der Waals surface area contributed by atoms with E-state index in [1.807, 2.05) is 18.2 Å². The number of hydrogen-bond acceptors (Lipinski definition) is 5. The summed E-state index contributed by atoms with van der Waals surface area (Å²) in [6, 6.07) is 11.9. The highest BCUT2D eigenvalue weighted by molar-refractivity contribution is 5.87. The molecule has 2 aliphatic heterocycles. The molecule has 0 bridgehead atoms. The number of nitrogens with one attached hydrogen (secondary N) is 1. The molecule has 0 spiro atoms. The van der Waals surface area contributed by atoms with Crippen LogP contribution in [0.2, 0.25) is 0 Å². The van der Waals surface area contributed by atoms with Crippen LogP contribution < -0.4 is 10.5 Å². The molecule has 1 fully saturated rings. The Morgan fingerprint density at radius 1 is 1.20 bits per heavy atom. The van der Waals surface area contributed by atoms with Gasteiger partial charge in [0.05, 0.1) is 5.69 Å². The maximum atomic E-state index is 12.7. The van der Waals surface area contributed by atoms with E-state index in [4.69, 9.17) is 4.98 Å². The van der Waals surface area contributed by atoms with Crippen LogP contribution in [0.3, 0.4) is 0 Å². The minimum absolute atomic E-state index is 0.000819. The number of H-pyrrole nitrogens is 1. The largest absolute Gasteiger partial charge is 0.508 e. The first-order chi connectivity index (χ1) is 14.6. The molecule has 2 N–H and O–H groups in total. The molecule has 1 saturated heterocycles. The lowest BCUT2D eigenvalue weighted by Crippen LogP contribution is -2.39. The molecule has 2 aliphatic rings. The molecular formula is C24H28N4O2. The van der Waals surface area contributed by atoms with Crippen LogP contribution in [-0.2, 0) is 19.5 Å². The van der Waals surface area contributed by atoms with Gasteiger partial charge in [-0.05, 0) is 42.0 Å². The second-order valence-electron chi connectivity index (χ2n) is 8.75. The van der Waals surface area contributed by atoms with Crippen LogP contribution in [-0.4, -0.2) is 39.6 Å². The Labute approximate surface area is 176 Å². The second kappa shape index (κ2) is 7.76. The molecule has 1 aromatic heterocycles. The van der Waals surface area contributed by atoms with Crippen LogP contribution in [0.5, 0.6) is 5.75 Å². The van der Waals surface area contributed by atoms with E-state index >= 15 is 0 Å². The summed E-state index contributed by atoms with van der Waals surface area (Å²) in [5.41, 5.74) is 2.62. The number of aromatic amines is 1. The van der Waals surface area contributed by atoms with Crippen LogP contribution >= 0.6 is 0 Å². The van der Waals surface area contributed by atoms with E-state index in [9.17, 15) is 9.90 Å². The van der Waals surface area contributed by atoms with Crippen LogP contribution in [0, 0.1) is 5.92 Å². The fourth-order valence-electron chi connectivity index (χ4n) is 4.86. The molecule has 0 saturated carbocycles. The molecule has 5 rings (SSSR count). The van der Waals surface area contributed by atoms with Gasteiger partial charge in [-0.2, -0.15) is 0 Å². The SMILES string of the molecule is CC1CCCN(c2nc3c(c(=O)[nH]2)CCN(Cc2c(O)ccc4ccccc24)C3)C1. The molecule has 0 amide bonds. The van der Waals surface area contributed by atoms with Crippen molar-refractivity contribution in [2.75, 3.05) is 24.5 Å². The molecule has 0 radical (unpaired) electrons. The molecule has 3 heterocycles. The highest BCUT2D eigenvalue weighted by Crippen LogP contribution is 2.30. The Bertz CT molecular complexity index is 1140. The van der Waals surface area contributed by atoms with E-state index in [-0.39, 0.29) is 5.56 Å². The lowest BCUT2D eigenvalue weighted by Gasteiger charge is -2.33. The number of aromatic hydroxyl groups is 1. The van der Waals surface area contributed by atoms with Crippen molar-refractivity contribution < 1.29 is 5.11 Å². The van der Waals surface area contributed by atoms with Crippen LogP contribution in [0.25, 0.3) is 10.8 Å². The number of aromatic nitrogens is 2. The third-order valence-corrected chi connectivity index (χ3v) is 6.49. The number of piperidine rings is 1. The van der Waals surface area contributed by atoms with Crippen LogP contribution in [0.15, 0.2) is 41.2 Å². The van der Waals surface area contributed by atoms with Gasteiger partial charge in [0, 0.05) is 43.9 Å². The summed E-state index contributed by atoms with van der Waals surface area (Å²) >= 11 is 0. The number of rotatable bonds is 3. The smallest absolute Gasteiger partial charge is 0.255 e. The fourth-order valence-corrected chi connectivity index (χ4v) is 4.86. The predicted octanol–water partition coefficient (Wildman–Crippen LogP) is 3.42. The quantitative estimate of drug-likeness (QED) is 0.700. The summed E-state index contributed by atoms with van der Waals surface area (Å²) < 4.78 is 0. The number of phenolic OH excluding ortho intramolecular Hbond substituents is 1. The Balaban J connectivity index is 1.42. The van der Waals surface area contributed by atoms with Gasteiger partial charge in [-0.3, -0.25) is 14.7 Å². The van der Waals surface area contributed by atoms with Crippen molar-refractivity contribution >= 4 is 16.7 Å². The molecular weight excluding hydrogens is 376 g/mol. The Kier molecular flexibility index (Phi) is 4.95. The Morgan fingerprint density at radius 2 is 2.07 bits per heavy atom. The molecule has 0 aliphatic carbocycles. The zero-order chi connectivity index (χ0) is 20.7. The van der Waals surface area contributed by atoms with E-state index in [0.29, 0.717) is 37.1 Å². The number of anilines is 1. The Hall–Kier alpha value is -2.86. The minimum atomic E-state index is 0.000819. The molecule has 2 aromatic carbocycles. The van der Waals surface area contributed by atoms with Gasteiger partial charge in [-0.25, -0.2) is 4.98 Å². The number of hydrogen-bond donors (Lipinski definition) is 2. The molecule has 1 unspecified atom stereocenters. The van der Waals surface area contributed by atoms with Gasteiger partial charge in [0.25, 0.3) is 5.56 Å². The lowest BCUT2D eigenvalue weighted by atomic mass is 10.0. The Morgan fingerprint density at radius 3 is 2.93 bits per heavy atom. The molecule has 30 heavy (non-hydrogen) atoms. The second-order valence-corrected chi connectivity index (χ2v) is 8.75. The maximum Gasteiger partial charge on any atom is 0.255 e. The van der Waals surface area contributed by atoms with Gasteiger partial charge >= 0.3 is 0 Å². The molecule has 6 heteroatoms. The van der Waals surface area contributed by atoms with Gasteiger partial charge < -0.3 is 10.0 Å². The van der Waals surface area contributed by atoms with E-state index in [0.717, 1.165) is 53.6 Å². The number of benzene rings is 2. The highest BCUT2D eigenvalue weighted by Gasteiger charge is 2.25. The normalized spacial score (nSPS) is 19.8. The van der Waals surface area contributed by atoms with E-state index < -0.39 is 0 Å². The monoisotopic (exact) mass is 404 g/mol. The summed E-state index contributed by atoms with van der Waals surface area (Å²) in [7, 11) is 0. The van der Waals surface area contributed by atoms with Crippen molar-refractivity contribution in [2.45, 2.75) is 39.3 Å². The first-order valence-corrected chi connectivity index (χ1v) is 10.9. The molecule has 1 atom stereocenters. The van der Waals surface area contributed by atoms with Gasteiger partial charge in [-0.15, -0.1) is 0 Å². The van der Waals surface area contributed by atoms with Gasteiger partial charge in [0.1, 0.15) is 5.75 Å². The van der Waals surface area contributed by atoms with Crippen molar-refractivity contribution in [3.63, 3.8) is 0 Å². The van der Waals surface area contributed by atoms with E-state index in [1.165, 1.54) is 6.42 Å². The third-order valence-electron chi connectivity index (χ3n) is 6.49. The van der Waals surface area contributed by atoms with E-state index in [1.54, 1.807) is 6.07 Å². The summed E-state index contributed by atoms with van der Waals surface area (Å²) in [6.45, 7) is 6.17. The van der Waals surface area contributed by atoms with Crippen molar-refractivity contribution in [1.29, 1.82) is 0 Å². The average molecular weight is 405 g/mol. The zero-order valence-electron chi connectivity index (χ0n) is 17.4. The standard InChI is InChI=1S/C24H28N4O2/c1-16-5-4-11-28(13-16)24-25-21-15-27(12-10-19(21)23(30)26-24)14-20-18-7-3-2-6-17(18)8-9-22(20)29/h2-3,6-9,16,29H,4-5,10-15H2,1H3,(H,25,26,30). The number of fused-ring (bicyclic) bond motifs is 2. The predicted molar refractivity (Wildman–Crippen MR) is 119 cm³/mol. The molecule has 3 aromatic rings. The summed E-state index contributed by atoms with van der Waals surface area (Å²) in [5.74, 6) is 1.65. The number of nitrogens with zero attached hydrogens (tertiary/aromatic N) is 3. The first-order valence-electron chi connectivity index (χ1n) is 10.9. The summed E-state index contributed by atoms with van der Waals surface area (Å²) in [5, 5.41) is 12.7. The van der Waals surface area contributed by atoms with Crippen molar-refractivity contribution in [2.24, 2.45) is 5.92 Å². The minimum Gasteiger partial charge on any atom is -0.508 e. The zero-order valence-corrected chi connectivity index (χ0v) is 17.4. The number of phenols is 1. The average Bonchev–Trinajstić information content (AvgIpc) is 2.75. The topological polar surface area (TPSA) is 72.5 Å². The molecule has 156 valence electrons. The van der Waals surface area contributed by atoms with Crippen molar-refractivity contribution in [3.05, 3.63) is 63.6 Å². The van der Waals surface area contributed by atoms with Crippen molar-refractivity contribution in [1.82, 2.24) is 14.9 Å². The van der Waals surface area contributed by atoms with Crippen molar-refractivity contribution in [3.8, 4) is 5.75 Å². The van der Waals surface area contributed by atoms with Crippen LogP contribution in [0.4, 0.5) is 5.95 Å². The summed E-state index contributed by atoms with van der Waals surface area (Å²) in [4.78, 5) is 25.1. The highest BCUT2D eigenvalue weighted by atomic mass is 16.3. The van der Waals surface area contributed by atoms with E-state index in [2.05, 4.69) is 33.8 Å². The van der Waals surface area contributed by atoms with Gasteiger partial charge in [0.2, 0.25) is 5.95 Å². The summed E-state index contributed by atoms with van der Waals surface area (Å²) in [6.07, 6.45) is 3.04. The van der Waals surface area contributed by atoms with Gasteiger partial charge in [0.15, 0.2) is 0 Å². The maximum absolute atomic E-state index is 12.7. The third kappa shape index (κ3) is 3.56.